The highest BCUT2D eigenvalue weighted by Gasteiger charge is 2.25. The molecule has 1 N–H and O–H groups in total. The third-order valence-corrected chi connectivity index (χ3v) is 3.74. The summed E-state index contributed by atoms with van der Waals surface area (Å²) >= 11 is 0. The third-order valence-electron chi connectivity index (χ3n) is 3.74. The molecule has 1 aliphatic rings. The molecule has 0 spiro atoms. The second-order valence-electron chi connectivity index (χ2n) is 5.16. The largest absolute Gasteiger partial charge is 0.508 e. The quantitative estimate of drug-likeness (QED) is 0.909. The molecule has 0 radical (unpaired) electrons. The molecule has 0 aliphatic carbocycles. The second-order valence-corrected chi connectivity index (χ2v) is 5.16. The van der Waals surface area contributed by atoms with Crippen molar-refractivity contribution in [3.8, 4) is 5.75 Å². The molecule has 1 unspecified atom stereocenters. The summed E-state index contributed by atoms with van der Waals surface area (Å²) in [5.74, 6) is 0.603. The number of methoxy groups -OCH3 is 1. The van der Waals surface area contributed by atoms with E-state index in [0.29, 0.717) is 23.7 Å². The summed E-state index contributed by atoms with van der Waals surface area (Å²) in [6, 6.07) is 5.10. The van der Waals surface area contributed by atoms with Crippen LogP contribution in [0.1, 0.15) is 28.8 Å². The molecule has 0 aromatic heterocycles. The van der Waals surface area contributed by atoms with E-state index in [1.54, 1.807) is 32.2 Å². The van der Waals surface area contributed by atoms with Gasteiger partial charge in [-0.2, -0.15) is 0 Å². The molecule has 19 heavy (non-hydrogen) atoms. The Hall–Kier alpha value is -1.55. The summed E-state index contributed by atoms with van der Waals surface area (Å²) in [7, 11) is 1.69. The number of hydrogen-bond donors (Lipinski definition) is 1. The SMILES string of the molecule is COCC1CCCN(C(=O)c2cccc(O)c2C)C1. The number of nitrogens with zero attached hydrogens (tertiary/aromatic N) is 1. The molecule has 1 fully saturated rings. The zero-order chi connectivity index (χ0) is 13.8. The van der Waals surface area contributed by atoms with Crippen molar-refractivity contribution < 1.29 is 14.6 Å². The normalized spacial score (nSPS) is 19.5. The summed E-state index contributed by atoms with van der Waals surface area (Å²) in [6.07, 6.45) is 2.12. The maximum Gasteiger partial charge on any atom is 0.254 e. The number of amides is 1. The predicted molar refractivity (Wildman–Crippen MR) is 73.3 cm³/mol. The Bertz CT molecular complexity index is 457. The van der Waals surface area contributed by atoms with E-state index in [9.17, 15) is 9.90 Å². The van der Waals surface area contributed by atoms with Crippen LogP contribution < -0.4 is 0 Å². The lowest BCUT2D eigenvalue weighted by Gasteiger charge is -2.32. The Morgan fingerprint density at radius 3 is 3.05 bits per heavy atom. The Morgan fingerprint density at radius 1 is 1.53 bits per heavy atom. The fourth-order valence-electron chi connectivity index (χ4n) is 2.65. The number of phenols is 1. The van der Waals surface area contributed by atoms with Gasteiger partial charge in [0, 0.05) is 31.3 Å². The molecule has 1 heterocycles. The summed E-state index contributed by atoms with van der Waals surface area (Å²) in [5.41, 5.74) is 1.25. The van der Waals surface area contributed by atoms with Gasteiger partial charge in [-0.3, -0.25) is 4.79 Å². The first-order valence-electron chi connectivity index (χ1n) is 6.70. The molecule has 1 aliphatic heterocycles. The monoisotopic (exact) mass is 263 g/mol. The van der Waals surface area contributed by atoms with Crippen molar-refractivity contribution in [2.75, 3.05) is 26.8 Å². The zero-order valence-corrected chi connectivity index (χ0v) is 11.6. The zero-order valence-electron chi connectivity index (χ0n) is 11.6. The van der Waals surface area contributed by atoms with Crippen LogP contribution in [0.2, 0.25) is 0 Å². The fraction of sp³-hybridized carbons (Fsp3) is 0.533. The van der Waals surface area contributed by atoms with E-state index >= 15 is 0 Å². The van der Waals surface area contributed by atoms with E-state index in [0.717, 1.165) is 25.9 Å². The van der Waals surface area contributed by atoms with E-state index in [1.807, 2.05) is 4.90 Å². The topological polar surface area (TPSA) is 49.8 Å². The molecule has 1 amide bonds. The smallest absolute Gasteiger partial charge is 0.254 e. The van der Waals surface area contributed by atoms with Crippen molar-refractivity contribution in [2.24, 2.45) is 5.92 Å². The molecule has 2 rings (SSSR count). The van der Waals surface area contributed by atoms with E-state index < -0.39 is 0 Å². The minimum absolute atomic E-state index is 0.00852. The highest BCUT2D eigenvalue weighted by atomic mass is 16.5. The van der Waals surface area contributed by atoms with Crippen LogP contribution in [0, 0.1) is 12.8 Å². The van der Waals surface area contributed by atoms with Crippen LogP contribution in [0.3, 0.4) is 0 Å². The predicted octanol–water partition coefficient (Wildman–Crippen LogP) is 2.20. The molecule has 104 valence electrons. The van der Waals surface area contributed by atoms with Crippen LogP contribution in [-0.4, -0.2) is 42.7 Å². The van der Waals surface area contributed by atoms with Crippen molar-refractivity contribution in [1.82, 2.24) is 4.90 Å². The standard InChI is InChI=1S/C15H21NO3/c1-11-13(6-3-7-14(11)17)15(18)16-8-4-5-12(9-16)10-19-2/h3,6-7,12,17H,4-5,8-10H2,1-2H3. The van der Waals surface area contributed by atoms with E-state index in [-0.39, 0.29) is 11.7 Å². The third kappa shape index (κ3) is 3.07. The molecule has 0 bridgehead atoms. The maximum atomic E-state index is 12.5. The van der Waals surface area contributed by atoms with Gasteiger partial charge in [-0.15, -0.1) is 0 Å². The van der Waals surface area contributed by atoms with Crippen molar-refractivity contribution in [1.29, 1.82) is 0 Å². The minimum atomic E-state index is 0.00852. The lowest BCUT2D eigenvalue weighted by molar-refractivity contribution is 0.0570. The van der Waals surface area contributed by atoms with Gasteiger partial charge in [0.05, 0.1) is 6.61 Å². The molecule has 0 saturated carbocycles. The number of likely N-dealkylation sites (tertiary alicyclic amines) is 1. The van der Waals surface area contributed by atoms with Gasteiger partial charge >= 0.3 is 0 Å². The molecule has 1 aromatic carbocycles. The van der Waals surface area contributed by atoms with Crippen LogP contribution in [0.25, 0.3) is 0 Å². The van der Waals surface area contributed by atoms with Crippen LogP contribution in [0.4, 0.5) is 0 Å². The molecule has 4 heteroatoms. The van der Waals surface area contributed by atoms with Gasteiger partial charge < -0.3 is 14.7 Å². The Labute approximate surface area is 114 Å². The maximum absolute atomic E-state index is 12.5. The number of carbonyl (C=O) groups excluding carboxylic acids is 1. The number of phenolic OH excluding ortho intramolecular Hbond substituents is 1. The number of ether oxygens (including phenoxy) is 1. The summed E-state index contributed by atoms with van der Waals surface area (Å²) in [4.78, 5) is 14.4. The molecule has 1 aromatic rings. The summed E-state index contributed by atoms with van der Waals surface area (Å²) < 4.78 is 5.18. The second kappa shape index (κ2) is 6.06. The Kier molecular flexibility index (Phi) is 4.43. The van der Waals surface area contributed by atoms with Crippen LogP contribution in [0.15, 0.2) is 18.2 Å². The molecule has 1 saturated heterocycles. The average molecular weight is 263 g/mol. The number of hydrogen-bond acceptors (Lipinski definition) is 3. The molecular formula is C15H21NO3. The number of aromatic hydroxyl groups is 1. The highest BCUT2D eigenvalue weighted by molar-refractivity contribution is 5.96. The average Bonchev–Trinajstić information content (AvgIpc) is 2.42. The first kappa shape index (κ1) is 13.9. The van der Waals surface area contributed by atoms with Gasteiger partial charge in [-0.05, 0) is 37.8 Å². The van der Waals surface area contributed by atoms with Gasteiger partial charge in [0.2, 0.25) is 0 Å². The van der Waals surface area contributed by atoms with E-state index in [2.05, 4.69) is 0 Å². The fourth-order valence-corrected chi connectivity index (χ4v) is 2.65. The molecule has 4 nitrogen and oxygen atoms in total. The van der Waals surface area contributed by atoms with Crippen LogP contribution >= 0.6 is 0 Å². The number of benzene rings is 1. The molecular weight excluding hydrogens is 242 g/mol. The van der Waals surface area contributed by atoms with E-state index in [4.69, 9.17) is 4.74 Å². The van der Waals surface area contributed by atoms with Gasteiger partial charge in [0.15, 0.2) is 0 Å². The summed E-state index contributed by atoms with van der Waals surface area (Å²) in [5, 5.41) is 9.69. The van der Waals surface area contributed by atoms with Crippen LogP contribution in [-0.2, 0) is 4.74 Å². The number of carbonyl (C=O) groups is 1. The van der Waals surface area contributed by atoms with Crippen LogP contribution in [0.5, 0.6) is 5.75 Å². The summed E-state index contributed by atoms with van der Waals surface area (Å²) in [6.45, 7) is 4.00. The highest BCUT2D eigenvalue weighted by Crippen LogP contribution is 2.24. The van der Waals surface area contributed by atoms with Crippen molar-refractivity contribution >= 4 is 5.91 Å². The minimum Gasteiger partial charge on any atom is -0.508 e. The van der Waals surface area contributed by atoms with E-state index in [1.165, 1.54) is 0 Å². The first-order valence-corrected chi connectivity index (χ1v) is 6.70. The van der Waals surface area contributed by atoms with Crippen molar-refractivity contribution in [3.63, 3.8) is 0 Å². The molecule has 1 atom stereocenters. The number of rotatable bonds is 3. The van der Waals surface area contributed by atoms with Crippen molar-refractivity contribution in [2.45, 2.75) is 19.8 Å². The number of piperidine rings is 1. The van der Waals surface area contributed by atoms with Gasteiger partial charge in [-0.1, -0.05) is 6.07 Å². The first-order chi connectivity index (χ1) is 9.13. The van der Waals surface area contributed by atoms with Gasteiger partial charge in [0.25, 0.3) is 5.91 Å². The van der Waals surface area contributed by atoms with Gasteiger partial charge in [-0.25, -0.2) is 0 Å². The lowest BCUT2D eigenvalue weighted by Crippen LogP contribution is -2.41. The Morgan fingerprint density at radius 2 is 2.32 bits per heavy atom. The van der Waals surface area contributed by atoms with Gasteiger partial charge in [0.1, 0.15) is 5.75 Å². The Balaban J connectivity index is 2.12. The van der Waals surface area contributed by atoms with Crippen molar-refractivity contribution in [3.05, 3.63) is 29.3 Å². The lowest BCUT2D eigenvalue weighted by atomic mass is 9.97.